The van der Waals surface area contributed by atoms with Crippen molar-refractivity contribution in [1.29, 1.82) is 0 Å². The standard InChI is InChI=1S/C20H23BrN2O3/c1-2-3-13-25-16-8-6-15(7-9-16)20(24)23-12-10-17(14-23)26-19-18(21)5-4-11-22-19/h4-9,11,17H,2-3,10,12-14H2,1H3. The summed E-state index contributed by atoms with van der Waals surface area (Å²) in [5.74, 6) is 1.40. The van der Waals surface area contributed by atoms with Crippen molar-refractivity contribution >= 4 is 21.8 Å². The van der Waals surface area contributed by atoms with Crippen LogP contribution in [-0.4, -0.2) is 41.6 Å². The van der Waals surface area contributed by atoms with Gasteiger partial charge in [0.25, 0.3) is 5.91 Å². The van der Waals surface area contributed by atoms with Gasteiger partial charge >= 0.3 is 0 Å². The van der Waals surface area contributed by atoms with Crippen LogP contribution in [0.25, 0.3) is 0 Å². The molecule has 0 saturated carbocycles. The van der Waals surface area contributed by atoms with Crippen LogP contribution in [0.15, 0.2) is 47.1 Å². The fourth-order valence-corrected chi connectivity index (χ4v) is 3.18. The van der Waals surface area contributed by atoms with Crippen LogP contribution in [0.4, 0.5) is 0 Å². The van der Waals surface area contributed by atoms with E-state index in [4.69, 9.17) is 9.47 Å². The molecule has 6 heteroatoms. The Bertz CT molecular complexity index is 736. The molecule has 0 bridgehead atoms. The number of hydrogen-bond acceptors (Lipinski definition) is 4. The summed E-state index contributed by atoms with van der Waals surface area (Å²) < 4.78 is 12.4. The van der Waals surface area contributed by atoms with Crippen LogP contribution in [0.2, 0.25) is 0 Å². The molecule has 0 radical (unpaired) electrons. The first-order chi connectivity index (χ1) is 12.7. The van der Waals surface area contributed by atoms with Crippen LogP contribution in [0.3, 0.4) is 0 Å². The van der Waals surface area contributed by atoms with Gasteiger partial charge in [-0.3, -0.25) is 4.79 Å². The SMILES string of the molecule is CCCCOc1ccc(C(=O)N2CCC(Oc3ncccc3Br)C2)cc1. The van der Waals surface area contributed by atoms with Crippen LogP contribution in [0, 0.1) is 0 Å². The van der Waals surface area contributed by atoms with Crippen LogP contribution >= 0.6 is 15.9 Å². The van der Waals surface area contributed by atoms with Gasteiger partial charge in [0, 0.05) is 24.7 Å². The van der Waals surface area contributed by atoms with E-state index in [0.29, 0.717) is 31.1 Å². The largest absolute Gasteiger partial charge is 0.494 e. The molecule has 26 heavy (non-hydrogen) atoms. The predicted molar refractivity (Wildman–Crippen MR) is 104 cm³/mol. The van der Waals surface area contributed by atoms with E-state index in [9.17, 15) is 4.79 Å². The summed E-state index contributed by atoms with van der Waals surface area (Å²) in [6, 6.07) is 11.1. The molecule has 138 valence electrons. The first-order valence-electron chi connectivity index (χ1n) is 8.96. The van der Waals surface area contributed by atoms with Crippen molar-refractivity contribution in [3.63, 3.8) is 0 Å². The molecule has 1 amide bonds. The first-order valence-corrected chi connectivity index (χ1v) is 9.76. The number of aromatic nitrogens is 1. The van der Waals surface area contributed by atoms with Gasteiger partial charge in [-0.1, -0.05) is 13.3 Å². The molecule has 0 N–H and O–H groups in total. The summed E-state index contributed by atoms with van der Waals surface area (Å²) >= 11 is 3.43. The van der Waals surface area contributed by atoms with E-state index in [1.807, 2.05) is 41.3 Å². The van der Waals surface area contributed by atoms with Gasteiger partial charge in [0.05, 0.1) is 17.6 Å². The Labute approximate surface area is 162 Å². The van der Waals surface area contributed by atoms with Gasteiger partial charge in [0.2, 0.25) is 5.88 Å². The lowest BCUT2D eigenvalue weighted by atomic mass is 10.2. The van der Waals surface area contributed by atoms with Gasteiger partial charge in [-0.15, -0.1) is 0 Å². The van der Waals surface area contributed by atoms with E-state index >= 15 is 0 Å². The third-order valence-corrected chi connectivity index (χ3v) is 4.91. The summed E-state index contributed by atoms with van der Waals surface area (Å²) in [6.45, 7) is 4.09. The highest BCUT2D eigenvalue weighted by Crippen LogP contribution is 2.25. The molecule has 5 nitrogen and oxygen atoms in total. The van der Waals surface area contributed by atoms with E-state index in [2.05, 4.69) is 27.8 Å². The molecule has 1 aromatic heterocycles. The summed E-state index contributed by atoms with van der Waals surface area (Å²) in [6.07, 6.45) is 4.59. The number of hydrogen-bond donors (Lipinski definition) is 0. The van der Waals surface area contributed by atoms with Crippen molar-refractivity contribution in [3.05, 3.63) is 52.6 Å². The monoisotopic (exact) mass is 418 g/mol. The van der Waals surface area contributed by atoms with Crippen molar-refractivity contribution in [2.45, 2.75) is 32.3 Å². The minimum absolute atomic E-state index is 0.0243. The number of benzene rings is 1. The van der Waals surface area contributed by atoms with Crippen molar-refractivity contribution in [2.24, 2.45) is 0 Å². The summed E-state index contributed by atoms with van der Waals surface area (Å²) in [4.78, 5) is 18.7. The molecule has 0 spiro atoms. The summed E-state index contributed by atoms with van der Waals surface area (Å²) in [7, 11) is 0. The van der Waals surface area contributed by atoms with Crippen molar-refractivity contribution in [2.75, 3.05) is 19.7 Å². The maximum Gasteiger partial charge on any atom is 0.253 e. The number of carbonyl (C=O) groups is 1. The Kier molecular flexibility index (Phi) is 6.50. The molecule has 1 fully saturated rings. The van der Waals surface area contributed by atoms with E-state index in [-0.39, 0.29) is 12.0 Å². The maximum absolute atomic E-state index is 12.7. The first kappa shape index (κ1) is 18.7. The molecule has 1 unspecified atom stereocenters. The van der Waals surface area contributed by atoms with Crippen molar-refractivity contribution < 1.29 is 14.3 Å². The van der Waals surface area contributed by atoms with E-state index < -0.39 is 0 Å². The zero-order valence-corrected chi connectivity index (χ0v) is 16.4. The lowest BCUT2D eigenvalue weighted by Gasteiger charge is -2.17. The second-order valence-electron chi connectivity index (χ2n) is 6.30. The second-order valence-corrected chi connectivity index (χ2v) is 7.15. The Morgan fingerprint density at radius 1 is 1.31 bits per heavy atom. The number of amides is 1. The molecular weight excluding hydrogens is 396 g/mol. The highest BCUT2D eigenvalue weighted by Gasteiger charge is 2.29. The van der Waals surface area contributed by atoms with Gasteiger partial charge < -0.3 is 14.4 Å². The summed E-state index contributed by atoms with van der Waals surface area (Å²) in [5, 5.41) is 0. The van der Waals surface area contributed by atoms with E-state index in [1.165, 1.54) is 0 Å². The molecule has 1 aliphatic heterocycles. The quantitative estimate of drug-likeness (QED) is 0.628. The van der Waals surface area contributed by atoms with Crippen molar-refractivity contribution in [1.82, 2.24) is 9.88 Å². The third kappa shape index (κ3) is 4.75. The van der Waals surface area contributed by atoms with Crippen LogP contribution in [-0.2, 0) is 0 Å². The van der Waals surface area contributed by atoms with E-state index in [0.717, 1.165) is 29.5 Å². The lowest BCUT2D eigenvalue weighted by Crippen LogP contribution is -2.31. The fraction of sp³-hybridized carbons (Fsp3) is 0.400. The van der Waals surface area contributed by atoms with Gasteiger partial charge in [0.1, 0.15) is 11.9 Å². The highest BCUT2D eigenvalue weighted by atomic mass is 79.9. The molecule has 2 aromatic rings. The Morgan fingerprint density at radius 2 is 2.12 bits per heavy atom. The van der Waals surface area contributed by atoms with Gasteiger partial charge in [-0.2, -0.15) is 0 Å². The van der Waals surface area contributed by atoms with Crippen LogP contribution in [0.5, 0.6) is 11.6 Å². The fourth-order valence-electron chi connectivity index (χ4n) is 2.84. The Hall–Kier alpha value is -2.08. The molecule has 1 aromatic carbocycles. The predicted octanol–water partition coefficient (Wildman–Crippen LogP) is 4.32. The minimum Gasteiger partial charge on any atom is -0.494 e. The van der Waals surface area contributed by atoms with E-state index in [1.54, 1.807) is 6.20 Å². The highest BCUT2D eigenvalue weighted by molar-refractivity contribution is 9.10. The number of carbonyl (C=O) groups excluding carboxylic acids is 1. The molecule has 1 atom stereocenters. The molecule has 0 aliphatic carbocycles. The number of unbranched alkanes of at least 4 members (excludes halogenated alkanes) is 1. The van der Waals surface area contributed by atoms with Gasteiger partial charge in [-0.25, -0.2) is 4.98 Å². The Morgan fingerprint density at radius 3 is 2.85 bits per heavy atom. The number of rotatable bonds is 7. The normalized spacial score (nSPS) is 16.5. The van der Waals surface area contributed by atoms with Crippen molar-refractivity contribution in [3.8, 4) is 11.6 Å². The number of pyridine rings is 1. The maximum atomic E-state index is 12.7. The van der Waals surface area contributed by atoms with Crippen LogP contribution in [0.1, 0.15) is 36.5 Å². The number of ether oxygens (including phenoxy) is 2. The number of halogens is 1. The number of likely N-dealkylation sites (tertiary alicyclic amines) is 1. The van der Waals surface area contributed by atoms with Gasteiger partial charge in [-0.05, 0) is 58.7 Å². The molecule has 3 rings (SSSR count). The topological polar surface area (TPSA) is 51.7 Å². The van der Waals surface area contributed by atoms with Gasteiger partial charge in [0.15, 0.2) is 0 Å². The molecule has 2 heterocycles. The lowest BCUT2D eigenvalue weighted by molar-refractivity contribution is 0.0771. The Balaban J connectivity index is 1.55. The smallest absolute Gasteiger partial charge is 0.253 e. The zero-order valence-electron chi connectivity index (χ0n) is 14.9. The molecule has 1 saturated heterocycles. The second kappa shape index (κ2) is 9.03. The summed E-state index contributed by atoms with van der Waals surface area (Å²) in [5.41, 5.74) is 0.674. The zero-order chi connectivity index (χ0) is 18.4. The van der Waals surface area contributed by atoms with Crippen LogP contribution < -0.4 is 9.47 Å². The average Bonchev–Trinajstić information content (AvgIpc) is 3.12. The third-order valence-electron chi connectivity index (χ3n) is 4.30. The average molecular weight is 419 g/mol. The molecular formula is C20H23BrN2O3. The number of nitrogens with zero attached hydrogens (tertiary/aromatic N) is 2. The minimum atomic E-state index is -0.0400. The molecule has 1 aliphatic rings.